The van der Waals surface area contributed by atoms with Crippen LogP contribution in [0.1, 0.15) is 41.0 Å². The molecule has 2 aromatic carbocycles. The van der Waals surface area contributed by atoms with Crippen LogP contribution < -0.4 is 0 Å². The Morgan fingerprint density at radius 3 is 1.35 bits per heavy atom. The van der Waals surface area contributed by atoms with Gasteiger partial charge in [-0.2, -0.15) is 0 Å². The third kappa shape index (κ3) is 12.9. The van der Waals surface area contributed by atoms with Crippen molar-refractivity contribution in [2.45, 2.75) is 31.4 Å². The molecule has 4 N–H and O–H groups in total. The van der Waals surface area contributed by atoms with E-state index in [9.17, 15) is 9.59 Å². The van der Waals surface area contributed by atoms with Crippen LogP contribution in [0.15, 0.2) is 60.7 Å². The molecule has 0 bridgehead atoms. The number of carboxylic acids is 2. The fourth-order valence-electron chi connectivity index (χ4n) is 1.70. The fourth-order valence-corrected chi connectivity index (χ4v) is 1.92. The van der Waals surface area contributed by atoms with E-state index in [0.29, 0.717) is 11.1 Å². The lowest BCUT2D eigenvalue weighted by Crippen LogP contribution is -2.21. The minimum atomic E-state index is -1.26. The van der Waals surface area contributed by atoms with Crippen molar-refractivity contribution >= 4 is 23.5 Å². The van der Waals surface area contributed by atoms with Crippen molar-refractivity contribution in [1.82, 2.24) is 0 Å². The monoisotopic (exact) mass is 382 g/mol. The predicted octanol–water partition coefficient (Wildman–Crippen LogP) is 3.47. The van der Waals surface area contributed by atoms with Crippen LogP contribution in [-0.2, 0) is 0 Å². The molecule has 0 aromatic heterocycles. The SMILES string of the molecule is CC(O)CC(C)(O)Cl.O=C(O)c1ccccc1.O=C(O)c1ccccc1. The molecule has 142 valence electrons. The molecule has 0 saturated carbocycles. The Labute approximate surface area is 157 Å². The van der Waals surface area contributed by atoms with Crippen LogP contribution in [0.25, 0.3) is 0 Å². The molecule has 0 saturated heterocycles. The molecule has 2 unspecified atom stereocenters. The highest BCUT2D eigenvalue weighted by Gasteiger charge is 2.17. The minimum absolute atomic E-state index is 0.203. The van der Waals surface area contributed by atoms with Gasteiger partial charge in [-0.15, -0.1) is 0 Å². The minimum Gasteiger partial charge on any atom is -0.478 e. The maximum absolute atomic E-state index is 10.2. The van der Waals surface area contributed by atoms with Crippen molar-refractivity contribution in [3.8, 4) is 0 Å². The molecule has 0 amide bonds. The fraction of sp³-hybridized carbons (Fsp3) is 0.263. The van der Waals surface area contributed by atoms with Crippen LogP contribution in [0.5, 0.6) is 0 Å². The van der Waals surface area contributed by atoms with Gasteiger partial charge in [-0.3, -0.25) is 0 Å². The van der Waals surface area contributed by atoms with Gasteiger partial charge in [0.1, 0.15) is 5.06 Å². The molecular formula is C19H23ClO6. The third-order valence-electron chi connectivity index (χ3n) is 2.71. The maximum Gasteiger partial charge on any atom is 0.335 e. The number of aliphatic hydroxyl groups excluding tert-OH is 1. The molecule has 2 rings (SSSR count). The summed E-state index contributed by atoms with van der Waals surface area (Å²) in [6.07, 6.45) is -0.336. The average molecular weight is 383 g/mol. The van der Waals surface area contributed by atoms with Crippen LogP contribution in [0.2, 0.25) is 0 Å². The molecule has 26 heavy (non-hydrogen) atoms. The molecule has 6 nitrogen and oxygen atoms in total. The third-order valence-corrected chi connectivity index (χ3v) is 2.86. The lowest BCUT2D eigenvalue weighted by Gasteiger charge is -2.15. The number of alkyl halides is 1. The first-order valence-electron chi connectivity index (χ1n) is 7.69. The number of carbonyl (C=O) groups is 2. The van der Waals surface area contributed by atoms with Crippen LogP contribution in [0.3, 0.4) is 0 Å². The summed E-state index contributed by atoms with van der Waals surface area (Å²) in [6, 6.07) is 16.6. The molecule has 0 aliphatic carbocycles. The summed E-state index contributed by atoms with van der Waals surface area (Å²) in [5.74, 6) is -1.76. The van der Waals surface area contributed by atoms with E-state index in [0.717, 1.165) is 0 Å². The van der Waals surface area contributed by atoms with E-state index in [1.807, 2.05) is 0 Å². The molecule has 0 radical (unpaired) electrons. The molecule has 0 heterocycles. The Balaban J connectivity index is 0.000000362. The van der Waals surface area contributed by atoms with Gasteiger partial charge in [-0.25, -0.2) is 9.59 Å². The van der Waals surface area contributed by atoms with Gasteiger partial charge in [0.25, 0.3) is 0 Å². The normalized spacial score (nSPS) is 13.0. The second kappa shape index (κ2) is 12.0. The molecule has 0 fully saturated rings. The van der Waals surface area contributed by atoms with E-state index >= 15 is 0 Å². The summed E-state index contributed by atoms with van der Waals surface area (Å²) >= 11 is 5.32. The topological polar surface area (TPSA) is 115 Å². The van der Waals surface area contributed by atoms with Crippen LogP contribution in [0.4, 0.5) is 0 Å². The van der Waals surface area contributed by atoms with Crippen LogP contribution in [-0.4, -0.2) is 43.5 Å². The Morgan fingerprint density at radius 2 is 1.23 bits per heavy atom. The first kappa shape index (κ1) is 23.6. The zero-order valence-corrected chi connectivity index (χ0v) is 15.3. The van der Waals surface area contributed by atoms with Crippen molar-refractivity contribution in [3.05, 3.63) is 71.8 Å². The standard InChI is InChI=1S/2C7H6O2.C5H11ClO2/c2*8-7(9)6-4-2-1-3-5-6;1-4(7)3-5(2,6)8/h2*1-5H,(H,8,9);4,7-8H,3H2,1-2H3. The predicted molar refractivity (Wildman–Crippen MR) is 99.6 cm³/mol. The Bertz CT molecular complexity index is 601. The largest absolute Gasteiger partial charge is 0.478 e. The second-order valence-electron chi connectivity index (χ2n) is 5.54. The first-order valence-corrected chi connectivity index (χ1v) is 8.06. The van der Waals surface area contributed by atoms with Crippen LogP contribution in [0, 0.1) is 0 Å². The quantitative estimate of drug-likeness (QED) is 0.602. The number of benzene rings is 2. The van der Waals surface area contributed by atoms with E-state index in [-0.39, 0.29) is 6.42 Å². The Hall–Kier alpha value is -2.41. The smallest absolute Gasteiger partial charge is 0.335 e. The van der Waals surface area contributed by atoms with Gasteiger partial charge < -0.3 is 20.4 Å². The number of carboxylic acid groups (broad SMARTS) is 2. The van der Waals surface area contributed by atoms with Crippen LogP contribution >= 0.6 is 11.6 Å². The molecule has 0 spiro atoms. The van der Waals surface area contributed by atoms with Crippen molar-refractivity contribution in [2.75, 3.05) is 0 Å². The molecular weight excluding hydrogens is 360 g/mol. The number of halogens is 1. The molecule has 0 aliphatic heterocycles. The van der Waals surface area contributed by atoms with Gasteiger partial charge in [0, 0.05) is 6.42 Å². The number of hydrogen-bond donors (Lipinski definition) is 4. The highest BCUT2D eigenvalue weighted by Crippen LogP contribution is 2.15. The number of rotatable bonds is 4. The summed E-state index contributed by atoms with van der Waals surface area (Å²) in [6.45, 7) is 3.03. The lowest BCUT2D eigenvalue weighted by atomic mass is 10.2. The van der Waals surface area contributed by atoms with Gasteiger partial charge in [0.15, 0.2) is 0 Å². The number of hydrogen-bond acceptors (Lipinski definition) is 4. The summed E-state index contributed by atoms with van der Waals surface area (Å²) in [5, 5.41) is 33.0. The van der Waals surface area contributed by atoms with Gasteiger partial charge >= 0.3 is 11.9 Å². The Kier molecular flexibility index (Phi) is 10.9. The number of aromatic carboxylic acids is 2. The lowest BCUT2D eigenvalue weighted by molar-refractivity contribution is 0.0686. The zero-order chi connectivity index (χ0) is 20.2. The van der Waals surface area contributed by atoms with Crippen molar-refractivity contribution in [1.29, 1.82) is 0 Å². The van der Waals surface area contributed by atoms with Gasteiger partial charge in [0.05, 0.1) is 17.2 Å². The van der Waals surface area contributed by atoms with E-state index in [4.69, 9.17) is 32.0 Å². The highest BCUT2D eigenvalue weighted by atomic mass is 35.5. The van der Waals surface area contributed by atoms with Crippen molar-refractivity contribution < 1.29 is 30.0 Å². The number of aliphatic hydroxyl groups is 2. The second-order valence-corrected chi connectivity index (χ2v) is 6.35. The van der Waals surface area contributed by atoms with E-state index < -0.39 is 23.1 Å². The summed E-state index contributed by atoms with van der Waals surface area (Å²) in [5.41, 5.74) is 0.662. The van der Waals surface area contributed by atoms with E-state index in [1.165, 1.54) is 6.92 Å². The van der Waals surface area contributed by atoms with E-state index in [1.54, 1.807) is 67.6 Å². The van der Waals surface area contributed by atoms with Gasteiger partial charge in [-0.05, 0) is 38.1 Å². The Morgan fingerprint density at radius 1 is 0.923 bits per heavy atom. The first-order chi connectivity index (χ1) is 12.0. The molecule has 2 atom stereocenters. The van der Waals surface area contributed by atoms with Gasteiger partial charge in [0.2, 0.25) is 0 Å². The summed E-state index contributed by atoms with van der Waals surface area (Å²) in [7, 11) is 0. The van der Waals surface area contributed by atoms with Crippen molar-refractivity contribution in [3.63, 3.8) is 0 Å². The average Bonchev–Trinajstić information content (AvgIpc) is 2.55. The summed E-state index contributed by atoms with van der Waals surface area (Å²) in [4.78, 5) is 20.4. The maximum atomic E-state index is 10.2. The molecule has 0 aliphatic rings. The zero-order valence-electron chi connectivity index (χ0n) is 14.5. The highest BCUT2D eigenvalue weighted by molar-refractivity contribution is 6.22. The molecule has 7 heteroatoms. The van der Waals surface area contributed by atoms with Crippen molar-refractivity contribution in [2.24, 2.45) is 0 Å². The molecule has 2 aromatic rings. The van der Waals surface area contributed by atoms with Gasteiger partial charge in [-0.1, -0.05) is 48.0 Å². The summed E-state index contributed by atoms with van der Waals surface area (Å²) < 4.78 is 0. The van der Waals surface area contributed by atoms with E-state index in [2.05, 4.69) is 0 Å².